The molecule has 0 fully saturated rings. The van der Waals surface area contributed by atoms with E-state index in [4.69, 9.17) is 4.74 Å². The van der Waals surface area contributed by atoms with Crippen LogP contribution in [-0.2, 0) is 0 Å². The maximum absolute atomic E-state index is 11.0. The molecule has 0 aromatic heterocycles. The number of rotatable bonds is 4. The van der Waals surface area contributed by atoms with Crippen molar-refractivity contribution in [2.75, 3.05) is 7.11 Å². The molecular formula is C14H13NO4. The molecule has 1 unspecified atom stereocenters. The predicted octanol–water partition coefficient (Wildman–Crippen LogP) is 2.69. The summed E-state index contributed by atoms with van der Waals surface area (Å²) in [7, 11) is 1.49. The van der Waals surface area contributed by atoms with Crippen LogP contribution in [0.25, 0.3) is 0 Å². The van der Waals surface area contributed by atoms with Crippen LogP contribution in [0.15, 0.2) is 48.5 Å². The molecule has 1 N–H and O–H groups in total. The highest BCUT2D eigenvalue weighted by molar-refractivity contribution is 5.48. The van der Waals surface area contributed by atoms with Crippen molar-refractivity contribution < 1.29 is 14.8 Å². The number of aliphatic hydroxyl groups excluding tert-OH is 1. The van der Waals surface area contributed by atoms with Gasteiger partial charge in [0.15, 0.2) is 0 Å². The lowest BCUT2D eigenvalue weighted by molar-refractivity contribution is -0.386. The molecule has 2 aromatic carbocycles. The first-order valence-corrected chi connectivity index (χ1v) is 5.69. The van der Waals surface area contributed by atoms with Crippen LogP contribution in [0.2, 0.25) is 0 Å². The first-order chi connectivity index (χ1) is 9.15. The summed E-state index contributed by atoms with van der Waals surface area (Å²) in [4.78, 5) is 10.5. The van der Waals surface area contributed by atoms with Crippen molar-refractivity contribution >= 4 is 5.69 Å². The van der Waals surface area contributed by atoms with E-state index in [1.165, 1.54) is 19.2 Å². The van der Waals surface area contributed by atoms with Gasteiger partial charge in [0, 0.05) is 11.6 Å². The van der Waals surface area contributed by atoms with Crippen molar-refractivity contribution in [3.8, 4) is 5.75 Å². The molecule has 1 atom stereocenters. The Labute approximate surface area is 110 Å². The quantitative estimate of drug-likeness (QED) is 0.676. The molecule has 0 spiro atoms. The number of benzene rings is 2. The van der Waals surface area contributed by atoms with Gasteiger partial charge < -0.3 is 9.84 Å². The second-order valence-corrected chi connectivity index (χ2v) is 3.96. The number of para-hydroxylation sites is 2. The number of aliphatic hydroxyl groups is 1. The molecule has 0 saturated carbocycles. The van der Waals surface area contributed by atoms with Gasteiger partial charge in [-0.2, -0.15) is 0 Å². The molecule has 0 heterocycles. The summed E-state index contributed by atoms with van der Waals surface area (Å²) in [5.41, 5.74) is 0.636. The minimum atomic E-state index is -1.10. The second kappa shape index (κ2) is 5.49. The van der Waals surface area contributed by atoms with E-state index in [2.05, 4.69) is 0 Å². The van der Waals surface area contributed by atoms with E-state index in [0.29, 0.717) is 11.3 Å². The predicted molar refractivity (Wildman–Crippen MR) is 70.2 cm³/mol. The topological polar surface area (TPSA) is 72.6 Å². The highest BCUT2D eigenvalue weighted by Crippen LogP contribution is 2.34. The van der Waals surface area contributed by atoms with Crippen molar-refractivity contribution in [3.63, 3.8) is 0 Å². The van der Waals surface area contributed by atoms with Gasteiger partial charge >= 0.3 is 0 Å². The second-order valence-electron chi connectivity index (χ2n) is 3.96. The first-order valence-electron chi connectivity index (χ1n) is 5.69. The van der Waals surface area contributed by atoms with Gasteiger partial charge in [-0.05, 0) is 12.1 Å². The minimum Gasteiger partial charge on any atom is -0.496 e. The summed E-state index contributed by atoms with van der Waals surface area (Å²) < 4.78 is 5.16. The Kier molecular flexibility index (Phi) is 3.77. The fourth-order valence-corrected chi connectivity index (χ4v) is 1.94. The van der Waals surface area contributed by atoms with Crippen molar-refractivity contribution in [2.24, 2.45) is 0 Å². The number of nitrogens with zero attached hydrogens (tertiary/aromatic N) is 1. The molecule has 2 rings (SSSR count). The van der Waals surface area contributed by atoms with Gasteiger partial charge in [-0.3, -0.25) is 10.1 Å². The zero-order valence-electron chi connectivity index (χ0n) is 10.3. The third-order valence-electron chi connectivity index (χ3n) is 2.86. The average molecular weight is 259 g/mol. The summed E-state index contributed by atoms with van der Waals surface area (Å²) in [5.74, 6) is 0.494. The van der Waals surface area contributed by atoms with Crippen molar-refractivity contribution in [1.29, 1.82) is 0 Å². The van der Waals surface area contributed by atoms with Crippen LogP contribution in [-0.4, -0.2) is 17.1 Å². The third kappa shape index (κ3) is 2.56. The lowest BCUT2D eigenvalue weighted by Gasteiger charge is -2.14. The molecule has 0 aliphatic carbocycles. The van der Waals surface area contributed by atoms with Crippen LogP contribution in [0.3, 0.4) is 0 Å². The van der Waals surface area contributed by atoms with Gasteiger partial charge in [0.1, 0.15) is 11.9 Å². The number of hydrogen-bond donors (Lipinski definition) is 1. The van der Waals surface area contributed by atoms with E-state index in [1.807, 2.05) is 0 Å². The highest BCUT2D eigenvalue weighted by atomic mass is 16.6. The molecule has 5 heteroatoms. The van der Waals surface area contributed by atoms with E-state index < -0.39 is 11.0 Å². The van der Waals surface area contributed by atoms with Gasteiger partial charge in [-0.25, -0.2) is 0 Å². The van der Waals surface area contributed by atoms with E-state index in [0.717, 1.165) is 0 Å². The summed E-state index contributed by atoms with van der Waals surface area (Å²) in [5, 5.41) is 21.3. The number of nitro groups is 1. The highest BCUT2D eigenvalue weighted by Gasteiger charge is 2.23. The molecule has 0 radical (unpaired) electrons. The van der Waals surface area contributed by atoms with Crippen molar-refractivity contribution in [1.82, 2.24) is 0 Å². The maximum atomic E-state index is 11.0. The normalized spacial score (nSPS) is 11.9. The van der Waals surface area contributed by atoms with Crippen molar-refractivity contribution in [3.05, 3.63) is 69.8 Å². The smallest absolute Gasteiger partial charge is 0.275 e. The van der Waals surface area contributed by atoms with Crippen LogP contribution in [0.4, 0.5) is 5.69 Å². The Hall–Kier alpha value is -2.40. The van der Waals surface area contributed by atoms with Crippen LogP contribution in [0, 0.1) is 10.1 Å². The Morgan fingerprint density at radius 1 is 1.11 bits per heavy atom. The number of ether oxygens (including phenoxy) is 1. The summed E-state index contributed by atoms with van der Waals surface area (Å²) >= 11 is 0. The van der Waals surface area contributed by atoms with Gasteiger partial charge in [-0.15, -0.1) is 0 Å². The van der Waals surface area contributed by atoms with E-state index in [1.54, 1.807) is 36.4 Å². The molecule has 5 nitrogen and oxygen atoms in total. The van der Waals surface area contributed by atoms with E-state index in [-0.39, 0.29) is 11.3 Å². The fraction of sp³-hybridized carbons (Fsp3) is 0.143. The summed E-state index contributed by atoms with van der Waals surface area (Å²) in [6.07, 6.45) is -1.10. The van der Waals surface area contributed by atoms with Gasteiger partial charge in [0.05, 0.1) is 17.6 Å². The van der Waals surface area contributed by atoms with Gasteiger partial charge in [-0.1, -0.05) is 30.3 Å². The van der Waals surface area contributed by atoms with Gasteiger partial charge in [0.25, 0.3) is 5.69 Å². The number of hydrogen-bond acceptors (Lipinski definition) is 4. The lowest BCUT2D eigenvalue weighted by Crippen LogP contribution is -2.05. The largest absolute Gasteiger partial charge is 0.496 e. The molecule has 0 saturated heterocycles. The van der Waals surface area contributed by atoms with Crippen LogP contribution in [0.5, 0.6) is 5.75 Å². The molecule has 0 bridgehead atoms. The Morgan fingerprint density at radius 2 is 1.68 bits per heavy atom. The monoisotopic (exact) mass is 259 g/mol. The molecule has 0 amide bonds. The molecule has 0 aliphatic heterocycles. The van der Waals surface area contributed by atoms with Crippen molar-refractivity contribution in [2.45, 2.75) is 6.10 Å². The zero-order chi connectivity index (χ0) is 13.8. The summed E-state index contributed by atoms with van der Waals surface area (Å²) in [6.45, 7) is 0. The zero-order valence-corrected chi connectivity index (χ0v) is 10.3. The maximum Gasteiger partial charge on any atom is 0.275 e. The van der Waals surface area contributed by atoms with Crippen LogP contribution < -0.4 is 4.74 Å². The number of methoxy groups -OCH3 is 1. The lowest BCUT2D eigenvalue weighted by atomic mass is 9.99. The number of nitro benzene ring substituents is 1. The van der Waals surface area contributed by atoms with Gasteiger partial charge in [0.2, 0.25) is 0 Å². The Morgan fingerprint density at radius 3 is 2.32 bits per heavy atom. The molecular weight excluding hydrogens is 246 g/mol. The Balaban J connectivity index is 2.50. The fourth-order valence-electron chi connectivity index (χ4n) is 1.94. The first kappa shape index (κ1) is 13.0. The van der Waals surface area contributed by atoms with Crippen LogP contribution in [0.1, 0.15) is 17.2 Å². The van der Waals surface area contributed by atoms with Crippen LogP contribution >= 0.6 is 0 Å². The molecule has 2 aromatic rings. The molecule has 98 valence electrons. The minimum absolute atomic E-state index is 0.110. The SMILES string of the molecule is COc1ccccc1C(O)c1ccccc1[N+](=O)[O-]. The Bertz CT molecular complexity index is 598. The average Bonchev–Trinajstić information content (AvgIpc) is 2.46. The van der Waals surface area contributed by atoms with E-state index in [9.17, 15) is 15.2 Å². The third-order valence-corrected chi connectivity index (χ3v) is 2.86. The summed E-state index contributed by atoms with van der Waals surface area (Å²) in [6, 6.07) is 13.0. The standard InChI is InChI=1S/C14H13NO4/c1-19-13-9-5-3-7-11(13)14(16)10-6-2-4-8-12(10)15(17)18/h2-9,14,16H,1H3. The van der Waals surface area contributed by atoms with E-state index >= 15 is 0 Å². The molecule has 0 aliphatic rings. The molecule has 19 heavy (non-hydrogen) atoms.